The molecule has 1 unspecified atom stereocenters. The van der Waals surface area contributed by atoms with Gasteiger partial charge in [0.25, 0.3) is 0 Å². The monoisotopic (exact) mass is 470 g/mol. The molecule has 1 fully saturated rings. The van der Waals surface area contributed by atoms with Crippen molar-refractivity contribution in [1.82, 2.24) is 15.5 Å². The normalized spacial score (nSPS) is 21.5. The number of ether oxygens (including phenoxy) is 1. The zero-order valence-corrected chi connectivity index (χ0v) is 18.1. The zero-order chi connectivity index (χ0) is 17.5. The molecule has 0 saturated carbocycles. The van der Waals surface area contributed by atoms with Crippen molar-refractivity contribution in [3.63, 3.8) is 0 Å². The standard InChI is InChI=1S/C20H30N4O.HI/c1-16-14-24(10-11-25-16)15-18-7-5-6-17(12-18)13-22-20(21-2)23-19-8-3-4-9-19;/h3-7,12,16,19H,8-11,13-15H2,1-2H3,(H2,21,22,23);1H. The van der Waals surface area contributed by atoms with Crippen LogP contribution in [-0.2, 0) is 17.8 Å². The van der Waals surface area contributed by atoms with Crippen molar-refractivity contribution in [2.75, 3.05) is 26.7 Å². The Hall–Kier alpha value is -1.12. The fourth-order valence-electron chi connectivity index (χ4n) is 3.44. The molecule has 0 radical (unpaired) electrons. The molecule has 2 aliphatic rings. The largest absolute Gasteiger partial charge is 0.376 e. The van der Waals surface area contributed by atoms with E-state index in [2.05, 4.69) is 63.9 Å². The van der Waals surface area contributed by atoms with Crippen molar-refractivity contribution in [2.45, 2.75) is 45.0 Å². The molecule has 144 valence electrons. The van der Waals surface area contributed by atoms with Crippen LogP contribution in [0.4, 0.5) is 0 Å². The number of benzene rings is 1. The zero-order valence-electron chi connectivity index (χ0n) is 15.8. The van der Waals surface area contributed by atoms with Gasteiger partial charge in [0.2, 0.25) is 0 Å². The average molecular weight is 470 g/mol. The third-order valence-corrected chi connectivity index (χ3v) is 4.76. The predicted octanol–water partition coefficient (Wildman–Crippen LogP) is 2.91. The Morgan fingerprint density at radius 1 is 1.27 bits per heavy atom. The van der Waals surface area contributed by atoms with Gasteiger partial charge in [0.15, 0.2) is 5.96 Å². The lowest BCUT2D eigenvalue weighted by atomic mass is 10.1. The summed E-state index contributed by atoms with van der Waals surface area (Å²) in [6, 6.07) is 9.29. The summed E-state index contributed by atoms with van der Waals surface area (Å²) in [4.78, 5) is 6.80. The van der Waals surface area contributed by atoms with Crippen molar-refractivity contribution in [2.24, 2.45) is 4.99 Å². The summed E-state index contributed by atoms with van der Waals surface area (Å²) in [5.74, 6) is 0.876. The number of hydrogen-bond donors (Lipinski definition) is 2. The van der Waals surface area contributed by atoms with Gasteiger partial charge in [-0.3, -0.25) is 9.89 Å². The first-order valence-corrected chi connectivity index (χ1v) is 9.27. The molecule has 1 aromatic carbocycles. The summed E-state index contributed by atoms with van der Waals surface area (Å²) in [5.41, 5.74) is 2.64. The van der Waals surface area contributed by atoms with Crippen LogP contribution in [0.3, 0.4) is 0 Å². The molecule has 1 atom stereocenters. The maximum atomic E-state index is 5.62. The second-order valence-electron chi connectivity index (χ2n) is 6.95. The third kappa shape index (κ3) is 6.55. The molecule has 1 aromatic rings. The highest BCUT2D eigenvalue weighted by molar-refractivity contribution is 14.0. The summed E-state index contributed by atoms with van der Waals surface area (Å²) in [7, 11) is 1.83. The number of aliphatic imine (C=N–C) groups is 1. The number of hydrogen-bond acceptors (Lipinski definition) is 3. The van der Waals surface area contributed by atoms with Crippen LogP contribution in [0.25, 0.3) is 0 Å². The first kappa shape index (κ1) is 21.2. The molecular formula is C20H31IN4O. The molecule has 1 aliphatic heterocycles. The van der Waals surface area contributed by atoms with Crippen LogP contribution in [0.5, 0.6) is 0 Å². The number of guanidine groups is 1. The van der Waals surface area contributed by atoms with E-state index < -0.39 is 0 Å². The molecule has 0 aromatic heterocycles. The van der Waals surface area contributed by atoms with E-state index in [1.54, 1.807) is 0 Å². The molecule has 5 nitrogen and oxygen atoms in total. The molecule has 1 heterocycles. The van der Waals surface area contributed by atoms with E-state index in [0.29, 0.717) is 12.1 Å². The van der Waals surface area contributed by atoms with Crippen molar-refractivity contribution in [3.8, 4) is 0 Å². The SMILES string of the molecule is CN=C(NCc1cccc(CN2CCOC(C)C2)c1)NC1CC=CC1.I. The first-order valence-electron chi connectivity index (χ1n) is 9.27. The second kappa shape index (κ2) is 10.9. The van der Waals surface area contributed by atoms with E-state index in [4.69, 9.17) is 4.74 Å². The Morgan fingerprint density at radius 3 is 2.77 bits per heavy atom. The number of nitrogens with zero attached hydrogens (tertiary/aromatic N) is 2. The highest BCUT2D eigenvalue weighted by Gasteiger charge is 2.16. The van der Waals surface area contributed by atoms with E-state index in [1.807, 2.05) is 7.05 Å². The van der Waals surface area contributed by atoms with Crippen LogP contribution < -0.4 is 10.6 Å². The minimum Gasteiger partial charge on any atom is -0.376 e. The van der Waals surface area contributed by atoms with Crippen molar-refractivity contribution in [3.05, 3.63) is 47.5 Å². The first-order chi connectivity index (χ1) is 12.2. The molecule has 0 spiro atoms. The van der Waals surface area contributed by atoms with Crippen LogP contribution in [0.2, 0.25) is 0 Å². The molecular weight excluding hydrogens is 439 g/mol. The van der Waals surface area contributed by atoms with E-state index in [1.165, 1.54) is 11.1 Å². The Balaban J connectivity index is 0.00000243. The third-order valence-electron chi connectivity index (χ3n) is 4.76. The molecule has 1 aliphatic carbocycles. The Morgan fingerprint density at radius 2 is 2.04 bits per heavy atom. The lowest BCUT2D eigenvalue weighted by molar-refractivity contribution is -0.0212. The van der Waals surface area contributed by atoms with E-state index >= 15 is 0 Å². The lowest BCUT2D eigenvalue weighted by Gasteiger charge is -2.31. The molecule has 2 N–H and O–H groups in total. The van der Waals surface area contributed by atoms with Crippen molar-refractivity contribution in [1.29, 1.82) is 0 Å². The number of halogens is 1. The minimum atomic E-state index is 0. The van der Waals surface area contributed by atoms with Gasteiger partial charge in [-0.05, 0) is 30.9 Å². The Bertz CT molecular complexity index is 612. The summed E-state index contributed by atoms with van der Waals surface area (Å²) < 4.78 is 5.62. The van der Waals surface area contributed by atoms with Crippen molar-refractivity contribution < 1.29 is 4.74 Å². The summed E-state index contributed by atoms with van der Waals surface area (Å²) in [6.45, 7) is 6.77. The second-order valence-corrected chi connectivity index (χ2v) is 6.95. The highest BCUT2D eigenvalue weighted by atomic mass is 127. The van der Waals surface area contributed by atoms with Crippen LogP contribution in [-0.4, -0.2) is 49.7 Å². The number of morpholine rings is 1. The van der Waals surface area contributed by atoms with Gasteiger partial charge in [-0.2, -0.15) is 0 Å². The minimum absolute atomic E-state index is 0. The summed E-state index contributed by atoms with van der Waals surface area (Å²) in [5, 5.41) is 6.90. The van der Waals surface area contributed by atoms with E-state index in [9.17, 15) is 0 Å². The summed E-state index contributed by atoms with van der Waals surface area (Å²) in [6.07, 6.45) is 6.93. The smallest absolute Gasteiger partial charge is 0.191 e. The number of nitrogens with one attached hydrogen (secondary N) is 2. The Kier molecular flexibility index (Phi) is 8.87. The topological polar surface area (TPSA) is 48.9 Å². The van der Waals surface area contributed by atoms with Gasteiger partial charge in [0, 0.05) is 39.3 Å². The van der Waals surface area contributed by atoms with E-state index in [0.717, 1.165) is 51.6 Å². The predicted molar refractivity (Wildman–Crippen MR) is 118 cm³/mol. The van der Waals surface area contributed by atoms with Gasteiger partial charge in [-0.1, -0.05) is 36.4 Å². The molecule has 3 rings (SSSR count). The van der Waals surface area contributed by atoms with Crippen LogP contribution >= 0.6 is 24.0 Å². The van der Waals surface area contributed by atoms with Gasteiger partial charge < -0.3 is 15.4 Å². The molecule has 6 heteroatoms. The van der Waals surface area contributed by atoms with Crippen LogP contribution in [0, 0.1) is 0 Å². The fourth-order valence-corrected chi connectivity index (χ4v) is 3.44. The van der Waals surface area contributed by atoms with Crippen LogP contribution in [0.15, 0.2) is 41.4 Å². The maximum Gasteiger partial charge on any atom is 0.191 e. The van der Waals surface area contributed by atoms with Gasteiger partial charge in [0.1, 0.15) is 0 Å². The maximum absolute atomic E-state index is 5.62. The fraction of sp³-hybridized carbons (Fsp3) is 0.550. The number of rotatable bonds is 5. The van der Waals surface area contributed by atoms with Gasteiger partial charge in [-0.25, -0.2) is 0 Å². The molecule has 0 amide bonds. The molecule has 1 saturated heterocycles. The van der Waals surface area contributed by atoms with Crippen molar-refractivity contribution >= 4 is 29.9 Å². The Labute approximate surface area is 174 Å². The summed E-state index contributed by atoms with van der Waals surface area (Å²) >= 11 is 0. The lowest BCUT2D eigenvalue weighted by Crippen LogP contribution is -2.42. The van der Waals surface area contributed by atoms with E-state index in [-0.39, 0.29) is 24.0 Å². The van der Waals surface area contributed by atoms with Crippen LogP contribution in [0.1, 0.15) is 30.9 Å². The van der Waals surface area contributed by atoms with Gasteiger partial charge >= 0.3 is 0 Å². The van der Waals surface area contributed by atoms with Gasteiger partial charge in [0.05, 0.1) is 12.7 Å². The quantitative estimate of drug-likeness (QED) is 0.301. The highest BCUT2D eigenvalue weighted by Crippen LogP contribution is 2.12. The average Bonchev–Trinajstić information content (AvgIpc) is 3.12. The molecule has 26 heavy (non-hydrogen) atoms. The molecule has 0 bridgehead atoms. The van der Waals surface area contributed by atoms with Gasteiger partial charge in [-0.15, -0.1) is 24.0 Å².